The summed E-state index contributed by atoms with van der Waals surface area (Å²) in [5, 5.41) is 26.7. The fourth-order valence-corrected chi connectivity index (χ4v) is 8.01. The number of piperazine rings is 1. The molecular formula is C33H36F3N5O8. The molecule has 4 aliphatic rings. The van der Waals surface area contributed by atoms with E-state index in [2.05, 4.69) is 11.4 Å². The van der Waals surface area contributed by atoms with Crippen LogP contribution in [0.4, 0.5) is 13.2 Å². The number of carbonyl (C=O) groups excluding carboxylic acids is 3. The topological polar surface area (TPSA) is 163 Å². The van der Waals surface area contributed by atoms with Gasteiger partial charge < -0.3 is 34.7 Å². The first-order valence-corrected chi connectivity index (χ1v) is 15.7. The van der Waals surface area contributed by atoms with E-state index in [0.717, 1.165) is 18.1 Å². The fourth-order valence-electron chi connectivity index (χ4n) is 8.01. The Hall–Kier alpha value is -4.75. The van der Waals surface area contributed by atoms with E-state index in [9.17, 15) is 37.9 Å². The lowest BCUT2D eigenvalue weighted by atomic mass is 9.71. The predicted molar refractivity (Wildman–Crippen MR) is 164 cm³/mol. The van der Waals surface area contributed by atoms with Gasteiger partial charge in [0.2, 0.25) is 12.7 Å². The van der Waals surface area contributed by atoms with Crippen molar-refractivity contribution >= 4 is 17.8 Å². The van der Waals surface area contributed by atoms with Gasteiger partial charge in [-0.1, -0.05) is 6.07 Å². The van der Waals surface area contributed by atoms with Crippen LogP contribution in [0.1, 0.15) is 59.3 Å². The standard InChI is InChI=1S/C33H36F3N5O8/c1-13-7-17-8-19-21(10-37)41-20(25(40(19)5)23(17)26(43)27(13)46-6)9-18-24(30-29(47-12-48-30)14(2)28(18)49-16(4)42)22(41)11-38-31(44)15(3)39-32(45)33(34,35)36/h7,15,19-22,25,43H,8-9,11-12H2,1-6H3,(H,38,44)(H,39,45)/t15-,19-,20?,21-,22-,25+/m0/s1. The van der Waals surface area contributed by atoms with Gasteiger partial charge >= 0.3 is 18.1 Å². The third-order valence-electron chi connectivity index (χ3n) is 9.98. The molecule has 6 atom stereocenters. The summed E-state index contributed by atoms with van der Waals surface area (Å²) in [6.45, 7) is 5.55. The molecule has 0 radical (unpaired) electrons. The molecule has 0 saturated carbocycles. The largest absolute Gasteiger partial charge is 0.504 e. The second kappa shape index (κ2) is 12.3. The van der Waals surface area contributed by atoms with Gasteiger partial charge in [0.15, 0.2) is 23.0 Å². The average molecular weight is 688 g/mol. The molecule has 2 aromatic rings. The lowest BCUT2D eigenvalue weighted by Crippen LogP contribution is -2.69. The molecule has 13 nitrogen and oxygen atoms in total. The second-order valence-corrected chi connectivity index (χ2v) is 12.8. The summed E-state index contributed by atoms with van der Waals surface area (Å²) in [6.07, 6.45) is -4.57. The highest BCUT2D eigenvalue weighted by Crippen LogP contribution is 2.58. The number of nitriles is 1. The number of alkyl halides is 3. The van der Waals surface area contributed by atoms with Gasteiger partial charge in [0, 0.05) is 47.8 Å². The molecule has 4 aliphatic heterocycles. The van der Waals surface area contributed by atoms with Crippen LogP contribution in [0.2, 0.25) is 0 Å². The Labute approximate surface area is 279 Å². The van der Waals surface area contributed by atoms with Gasteiger partial charge in [-0.3, -0.25) is 24.2 Å². The number of phenolic OH excluding ortho intramolecular Hbond substituents is 1. The molecular weight excluding hydrogens is 651 g/mol. The Morgan fingerprint density at radius 1 is 1.14 bits per heavy atom. The number of hydrogen-bond donors (Lipinski definition) is 3. The van der Waals surface area contributed by atoms with E-state index in [1.807, 2.05) is 29.8 Å². The molecule has 1 fully saturated rings. The van der Waals surface area contributed by atoms with Gasteiger partial charge in [-0.25, -0.2) is 0 Å². The molecule has 0 spiro atoms. The summed E-state index contributed by atoms with van der Waals surface area (Å²) >= 11 is 0. The molecule has 262 valence electrons. The normalized spacial score (nSPS) is 24.4. The number of carbonyl (C=O) groups is 3. The van der Waals surface area contributed by atoms with Crippen molar-refractivity contribution in [3.05, 3.63) is 39.4 Å². The third-order valence-corrected chi connectivity index (χ3v) is 9.98. The molecule has 1 saturated heterocycles. The lowest BCUT2D eigenvalue weighted by Gasteiger charge is -2.60. The van der Waals surface area contributed by atoms with Crippen molar-refractivity contribution in [1.29, 1.82) is 5.26 Å². The number of esters is 1. The molecule has 1 unspecified atom stereocenters. The van der Waals surface area contributed by atoms with E-state index in [1.165, 1.54) is 14.0 Å². The number of nitrogens with zero attached hydrogens (tertiary/aromatic N) is 3. The second-order valence-electron chi connectivity index (χ2n) is 12.8. The summed E-state index contributed by atoms with van der Waals surface area (Å²) < 4.78 is 61.9. The summed E-state index contributed by atoms with van der Waals surface area (Å²) in [6, 6.07) is -0.231. The van der Waals surface area contributed by atoms with Gasteiger partial charge in [0.05, 0.1) is 25.3 Å². The van der Waals surface area contributed by atoms with Crippen LogP contribution in [0.15, 0.2) is 6.07 Å². The van der Waals surface area contributed by atoms with E-state index >= 15 is 0 Å². The highest BCUT2D eigenvalue weighted by Gasteiger charge is 2.57. The van der Waals surface area contributed by atoms with Crippen molar-refractivity contribution < 1.29 is 51.6 Å². The van der Waals surface area contributed by atoms with Gasteiger partial charge in [-0.2, -0.15) is 18.4 Å². The zero-order valence-electron chi connectivity index (χ0n) is 27.7. The van der Waals surface area contributed by atoms with Crippen molar-refractivity contribution in [2.75, 3.05) is 27.5 Å². The van der Waals surface area contributed by atoms with Crippen LogP contribution < -0.4 is 29.6 Å². The number of ether oxygens (including phenoxy) is 4. The molecule has 4 heterocycles. The van der Waals surface area contributed by atoms with Gasteiger partial charge in [-0.05, 0) is 51.8 Å². The van der Waals surface area contributed by atoms with Crippen LogP contribution in [0.25, 0.3) is 0 Å². The molecule has 2 aromatic carbocycles. The smallest absolute Gasteiger partial charge is 0.471 e. The number of rotatable bonds is 6. The van der Waals surface area contributed by atoms with Crippen molar-refractivity contribution in [3.8, 4) is 34.8 Å². The molecule has 0 aliphatic carbocycles. The third kappa shape index (κ3) is 5.45. The minimum atomic E-state index is -5.19. The average Bonchev–Trinajstić information content (AvgIpc) is 3.52. The maximum absolute atomic E-state index is 13.2. The van der Waals surface area contributed by atoms with Crippen LogP contribution >= 0.6 is 0 Å². The molecule has 2 bridgehead atoms. The molecule has 6 rings (SSSR count). The Bertz CT molecular complexity index is 1790. The van der Waals surface area contributed by atoms with Crippen molar-refractivity contribution in [2.24, 2.45) is 0 Å². The van der Waals surface area contributed by atoms with Crippen LogP contribution in [0.3, 0.4) is 0 Å². The molecule has 2 amide bonds. The fraction of sp³-hybridized carbons (Fsp3) is 0.515. The van der Waals surface area contributed by atoms with Crippen molar-refractivity contribution in [1.82, 2.24) is 20.4 Å². The number of nitrogens with one attached hydrogen (secondary N) is 2. The van der Waals surface area contributed by atoms with E-state index in [4.69, 9.17) is 18.9 Å². The van der Waals surface area contributed by atoms with Crippen molar-refractivity contribution in [2.45, 2.75) is 83.0 Å². The monoisotopic (exact) mass is 687 g/mol. The first-order valence-electron chi connectivity index (χ1n) is 15.7. The molecule has 0 aromatic heterocycles. The highest BCUT2D eigenvalue weighted by atomic mass is 19.4. The first-order chi connectivity index (χ1) is 23.1. The molecule has 3 N–H and O–H groups in total. The summed E-state index contributed by atoms with van der Waals surface area (Å²) in [5.74, 6) is -2.58. The zero-order valence-corrected chi connectivity index (χ0v) is 27.7. The Kier molecular flexibility index (Phi) is 8.56. The summed E-state index contributed by atoms with van der Waals surface area (Å²) in [4.78, 5) is 41.2. The SMILES string of the molecule is COc1c(C)cc2c(c1O)[C@H]1C3Cc4c(OC(C)=O)c(C)c5c(c4[C@H](CNC(=O)[C@H](C)NC(=O)C(F)(F)F)N3[C@@H](C#N)[C@H](C2)N1C)OCO5. The summed E-state index contributed by atoms with van der Waals surface area (Å²) in [5.41, 5.74) is 3.76. The maximum atomic E-state index is 13.2. The zero-order chi connectivity index (χ0) is 35.7. The Morgan fingerprint density at radius 3 is 2.47 bits per heavy atom. The number of likely N-dealkylation sites (N-methyl/N-ethyl adjacent to an activating group) is 1. The number of hydrogen-bond acceptors (Lipinski definition) is 11. The number of fused-ring (bicyclic) bond motifs is 9. The van der Waals surface area contributed by atoms with Crippen LogP contribution in [0, 0.1) is 25.2 Å². The number of amides is 2. The minimum absolute atomic E-state index is 0.0323. The summed E-state index contributed by atoms with van der Waals surface area (Å²) in [7, 11) is 3.34. The lowest BCUT2D eigenvalue weighted by molar-refractivity contribution is -0.174. The number of halogens is 3. The van der Waals surface area contributed by atoms with Crippen LogP contribution in [-0.2, 0) is 27.2 Å². The van der Waals surface area contributed by atoms with E-state index in [0.29, 0.717) is 45.9 Å². The van der Waals surface area contributed by atoms with Crippen LogP contribution in [0.5, 0.6) is 28.7 Å². The number of aryl methyl sites for hydroxylation is 1. The first kappa shape index (κ1) is 34.1. The van der Waals surface area contributed by atoms with E-state index in [1.54, 1.807) is 12.2 Å². The highest BCUT2D eigenvalue weighted by molar-refractivity contribution is 5.89. The van der Waals surface area contributed by atoms with Gasteiger partial charge in [0.25, 0.3) is 0 Å². The Balaban J connectivity index is 1.52. The number of aromatic hydroxyl groups is 1. The van der Waals surface area contributed by atoms with Crippen LogP contribution in [-0.4, -0.2) is 90.5 Å². The van der Waals surface area contributed by atoms with Gasteiger partial charge in [0.1, 0.15) is 17.8 Å². The Morgan fingerprint density at radius 2 is 1.84 bits per heavy atom. The molecule has 49 heavy (non-hydrogen) atoms. The van der Waals surface area contributed by atoms with E-state index < -0.39 is 54.2 Å². The van der Waals surface area contributed by atoms with E-state index in [-0.39, 0.29) is 37.3 Å². The van der Waals surface area contributed by atoms with Crippen molar-refractivity contribution in [3.63, 3.8) is 0 Å². The predicted octanol–water partition coefficient (Wildman–Crippen LogP) is 2.63. The maximum Gasteiger partial charge on any atom is 0.471 e. The quantitative estimate of drug-likeness (QED) is 0.302. The number of benzene rings is 2. The minimum Gasteiger partial charge on any atom is -0.504 e. The molecule has 16 heteroatoms. The number of methoxy groups -OCH3 is 1. The van der Waals surface area contributed by atoms with Gasteiger partial charge in [-0.15, -0.1) is 0 Å². The number of phenols is 1.